The van der Waals surface area contributed by atoms with Gasteiger partial charge in [-0.15, -0.1) is 0 Å². The van der Waals surface area contributed by atoms with E-state index in [-0.39, 0.29) is 17.3 Å². The Morgan fingerprint density at radius 1 is 0.800 bits per heavy atom. The molecule has 184 valence electrons. The van der Waals surface area contributed by atoms with Gasteiger partial charge >= 0.3 is 11.9 Å². The highest BCUT2D eigenvalue weighted by Gasteiger charge is 2.21. The first kappa shape index (κ1) is 25.6. The smallest absolute Gasteiger partial charge is 0.349 e. The normalized spacial score (nSPS) is 10.8. The first-order chi connectivity index (χ1) is 16.7. The molecular formula is C25H25NO8S. The van der Waals surface area contributed by atoms with Crippen molar-refractivity contribution in [2.75, 3.05) is 31.7 Å². The molecule has 0 N–H and O–H groups in total. The van der Waals surface area contributed by atoms with Gasteiger partial charge in [-0.25, -0.2) is 18.0 Å². The Labute approximate surface area is 203 Å². The van der Waals surface area contributed by atoms with E-state index in [1.54, 1.807) is 36.4 Å². The summed E-state index contributed by atoms with van der Waals surface area (Å²) in [6.45, 7) is 1.97. The van der Waals surface area contributed by atoms with E-state index in [9.17, 15) is 18.0 Å². The van der Waals surface area contributed by atoms with Crippen molar-refractivity contribution < 1.29 is 37.0 Å². The maximum atomic E-state index is 12.9. The Morgan fingerprint density at radius 2 is 1.34 bits per heavy atom. The molecule has 0 aliphatic carbocycles. The molecule has 0 amide bonds. The molecule has 0 atom stereocenters. The van der Waals surface area contributed by atoms with Crippen molar-refractivity contribution >= 4 is 27.6 Å². The average molecular weight is 500 g/mol. The molecule has 0 unspecified atom stereocenters. The molecule has 0 aliphatic rings. The van der Waals surface area contributed by atoms with Crippen LogP contribution in [0.1, 0.15) is 17.3 Å². The number of carbonyl (C=O) groups is 2. The third-order valence-electron chi connectivity index (χ3n) is 4.86. The SMILES string of the molecule is CCOc1ccc(S(=O)(=O)N(C)c2ccc(OCC(=O)Oc3ccc(C(=O)OC)cc3)cc2)cc1. The fourth-order valence-corrected chi connectivity index (χ4v) is 4.20. The maximum absolute atomic E-state index is 12.9. The second kappa shape index (κ2) is 11.4. The molecule has 0 aromatic heterocycles. The molecule has 3 aromatic rings. The Hall–Kier alpha value is -4.05. The lowest BCUT2D eigenvalue weighted by Crippen LogP contribution is -2.26. The molecular weight excluding hydrogens is 474 g/mol. The second-order valence-electron chi connectivity index (χ2n) is 7.15. The number of rotatable bonds is 10. The number of hydrogen-bond donors (Lipinski definition) is 0. The third-order valence-corrected chi connectivity index (χ3v) is 6.66. The van der Waals surface area contributed by atoms with Gasteiger partial charge in [-0.05, 0) is 79.7 Å². The van der Waals surface area contributed by atoms with Crippen LogP contribution in [0.3, 0.4) is 0 Å². The van der Waals surface area contributed by atoms with E-state index in [0.29, 0.717) is 29.4 Å². The Balaban J connectivity index is 1.57. The fraction of sp³-hybridized carbons (Fsp3) is 0.200. The van der Waals surface area contributed by atoms with Gasteiger partial charge in [0.05, 0.1) is 29.9 Å². The molecule has 0 fully saturated rings. The lowest BCUT2D eigenvalue weighted by Gasteiger charge is -2.20. The maximum Gasteiger partial charge on any atom is 0.349 e. The van der Waals surface area contributed by atoms with Gasteiger partial charge in [0.15, 0.2) is 6.61 Å². The minimum Gasteiger partial charge on any atom is -0.494 e. The molecule has 0 aliphatic heterocycles. The van der Waals surface area contributed by atoms with E-state index in [4.69, 9.17) is 14.2 Å². The van der Waals surface area contributed by atoms with Gasteiger partial charge in [0.25, 0.3) is 10.0 Å². The highest BCUT2D eigenvalue weighted by molar-refractivity contribution is 7.92. The van der Waals surface area contributed by atoms with Gasteiger partial charge in [0, 0.05) is 7.05 Å². The van der Waals surface area contributed by atoms with Crippen LogP contribution in [-0.4, -0.2) is 47.7 Å². The summed E-state index contributed by atoms with van der Waals surface area (Å²) < 4.78 is 47.6. The number of anilines is 1. The molecule has 0 spiro atoms. The molecule has 3 aromatic carbocycles. The Bertz CT molecular complexity index is 1250. The van der Waals surface area contributed by atoms with Crippen LogP contribution in [0.25, 0.3) is 0 Å². The van der Waals surface area contributed by atoms with Crippen LogP contribution in [0, 0.1) is 0 Å². The molecule has 35 heavy (non-hydrogen) atoms. The molecule has 0 bridgehead atoms. The largest absolute Gasteiger partial charge is 0.494 e. The average Bonchev–Trinajstić information content (AvgIpc) is 2.88. The minimum atomic E-state index is -3.77. The van der Waals surface area contributed by atoms with Gasteiger partial charge < -0.3 is 18.9 Å². The number of benzene rings is 3. The van der Waals surface area contributed by atoms with E-state index >= 15 is 0 Å². The summed E-state index contributed by atoms with van der Waals surface area (Å²) in [5.74, 6) is 0.0661. The summed E-state index contributed by atoms with van der Waals surface area (Å²) in [5.41, 5.74) is 0.748. The molecule has 0 radical (unpaired) electrons. The zero-order valence-electron chi connectivity index (χ0n) is 19.5. The van der Waals surface area contributed by atoms with Crippen molar-refractivity contribution in [2.24, 2.45) is 0 Å². The molecule has 9 nitrogen and oxygen atoms in total. The topological polar surface area (TPSA) is 108 Å². The summed E-state index contributed by atoms with van der Waals surface area (Å²) in [4.78, 5) is 23.6. The van der Waals surface area contributed by atoms with Gasteiger partial charge in [-0.1, -0.05) is 0 Å². The van der Waals surface area contributed by atoms with E-state index in [2.05, 4.69) is 4.74 Å². The van der Waals surface area contributed by atoms with Crippen molar-refractivity contribution in [2.45, 2.75) is 11.8 Å². The molecule has 0 saturated heterocycles. The van der Waals surface area contributed by atoms with Crippen molar-refractivity contribution in [3.8, 4) is 17.2 Å². The highest BCUT2D eigenvalue weighted by Crippen LogP contribution is 2.25. The second-order valence-corrected chi connectivity index (χ2v) is 9.12. The number of hydrogen-bond acceptors (Lipinski definition) is 8. The van der Waals surface area contributed by atoms with E-state index in [1.165, 1.54) is 50.6 Å². The lowest BCUT2D eigenvalue weighted by molar-refractivity contribution is -0.136. The quantitative estimate of drug-likeness (QED) is 0.307. The lowest BCUT2D eigenvalue weighted by atomic mass is 10.2. The Kier molecular flexibility index (Phi) is 8.32. The zero-order valence-corrected chi connectivity index (χ0v) is 20.3. The molecule has 0 heterocycles. The Morgan fingerprint density at radius 3 is 1.91 bits per heavy atom. The van der Waals surface area contributed by atoms with Crippen LogP contribution in [-0.2, 0) is 19.6 Å². The predicted octanol–water partition coefficient (Wildman–Crippen LogP) is 3.68. The number of nitrogens with zero attached hydrogens (tertiary/aromatic N) is 1. The van der Waals surface area contributed by atoms with Crippen molar-refractivity contribution in [1.82, 2.24) is 0 Å². The van der Waals surface area contributed by atoms with Crippen molar-refractivity contribution in [1.29, 1.82) is 0 Å². The van der Waals surface area contributed by atoms with Crippen LogP contribution in [0.4, 0.5) is 5.69 Å². The first-order valence-corrected chi connectivity index (χ1v) is 12.0. The molecule has 0 saturated carbocycles. The van der Waals surface area contributed by atoms with E-state index in [0.717, 1.165) is 4.31 Å². The first-order valence-electron chi connectivity index (χ1n) is 10.6. The monoisotopic (exact) mass is 499 g/mol. The number of sulfonamides is 1. The summed E-state index contributed by atoms with van der Waals surface area (Å²) in [6.07, 6.45) is 0. The molecule has 10 heteroatoms. The van der Waals surface area contributed by atoms with Crippen molar-refractivity contribution in [3.63, 3.8) is 0 Å². The van der Waals surface area contributed by atoms with Crippen LogP contribution in [0.5, 0.6) is 17.2 Å². The summed E-state index contributed by atoms with van der Waals surface area (Å²) in [6, 6.07) is 18.3. The third kappa shape index (κ3) is 6.51. The summed E-state index contributed by atoms with van der Waals surface area (Å²) >= 11 is 0. The van der Waals surface area contributed by atoms with Gasteiger partial charge in [-0.2, -0.15) is 0 Å². The van der Waals surface area contributed by atoms with Gasteiger partial charge in [0.1, 0.15) is 17.2 Å². The summed E-state index contributed by atoms with van der Waals surface area (Å²) in [7, 11) is -1.05. The number of esters is 2. The van der Waals surface area contributed by atoms with Crippen LogP contribution in [0.2, 0.25) is 0 Å². The summed E-state index contributed by atoms with van der Waals surface area (Å²) in [5, 5.41) is 0. The van der Waals surface area contributed by atoms with Gasteiger partial charge in [0.2, 0.25) is 0 Å². The highest BCUT2D eigenvalue weighted by atomic mass is 32.2. The number of methoxy groups -OCH3 is 1. The number of carbonyl (C=O) groups excluding carboxylic acids is 2. The number of ether oxygens (including phenoxy) is 4. The van der Waals surface area contributed by atoms with Crippen LogP contribution >= 0.6 is 0 Å². The van der Waals surface area contributed by atoms with Crippen molar-refractivity contribution in [3.05, 3.63) is 78.4 Å². The van der Waals surface area contributed by atoms with E-state index in [1.807, 2.05) is 6.92 Å². The standard InChI is InChI=1S/C25H25NO8S/c1-4-32-20-13-15-23(16-14-20)35(29,30)26(2)19-7-11-21(12-8-19)33-17-24(27)34-22-9-5-18(6-10-22)25(28)31-3/h5-16H,4,17H2,1-3H3. The van der Waals surface area contributed by atoms with Gasteiger partial charge in [-0.3, -0.25) is 4.31 Å². The minimum absolute atomic E-state index is 0.131. The molecule has 3 rings (SSSR count). The predicted molar refractivity (Wildman–Crippen MR) is 129 cm³/mol. The fourth-order valence-electron chi connectivity index (χ4n) is 3.00. The van der Waals surface area contributed by atoms with E-state index < -0.39 is 22.0 Å². The van der Waals surface area contributed by atoms with Crippen LogP contribution in [0.15, 0.2) is 77.7 Å². The van der Waals surface area contributed by atoms with Crippen LogP contribution < -0.4 is 18.5 Å². The zero-order chi connectivity index (χ0) is 25.4.